The summed E-state index contributed by atoms with van der Waals surface area (Å²) in [5.74, 6) is -0.179. The van der Waals surface area contributed by atoms with Crippen molar-refractivity contribution in [1.82, 2.24) is 0 Å². The lowest BCUT2D eigenvalue weighted by atomic mass is 10.1. The second kappa shape index (κ2) is 5.99. The molecule has 2 rings (SSSR count). The van der Waals surface area contributed by atoms with Gasteiger partial charge in [0.05, 0.1) is 5.56 Å². The summed E-state index contributed by atoms with van der Waals surface area (Å²) in [7, 11) is 0. The van der Waals surface area contributed by atoms with Crippen molar-refractivity contribution in [3.05, 3.63) is 59.7 Å². The van der Waals surface area contributed by atoms with Crippen LogP contribution in [0.5, 0.6) is 11.5 Å². The van der Waals surface area contributed by atoms with Crippen LogP contribution < -0.4 is 4.74 Å². The Morgan fingerprint density at radius 2 is 1.81 bits per heavy atom. The van der Waals surface area contributed by atoms with Crippen LogP contribution in [0, 0.1) is 0 Å². The fraction of sp³-hybridized carbons (Fsp3) is 0.188. The van der Waals surface area contributed by atoms with Gasteiger partial charge in [0.2, 0.25) is 0 Å². The minimum atomic E-state index is -4.49. The summed E-state index contributed by atoms with van der Waals surface area (Å²) in [6, 6.07) is 11.1. The number of hydrogen-bond donors (Lipinski definition) is 0. The smallest absolute Gasteiger partial charge is 0.419 e. The lowest BCUT2D eigenvalue weighted by Gasteiger charge is -2.13. The Kier molecular flexibility index (Phi) is 4.31. The molecule has 0 atom stereocenters. The summed E-state index contributed by atoms with van der Waals surface area (Å²) >= 11 is 0. The van der Waals surface area contributed by atoms with E-state index in [0.29, 0.717) is 12.0 Å². The van der Waals surface area contributed by atoms with E-state index in [-0.39, 0.29) is 17.3 Å². The second-order valence-corrected chi connectivity index (χ2v) is 4.40. The lowest BCUT2D eigenvalue weighted by molar-refractivity contribution is -0.138. The van der Waals surface area contributed by atoms with Gasteiger partial charge in [-0.25, -0.2) is 0 Å². The van der Waals surface area contributed by atoms with E-state index in [9.17, 15) is 18.0 Å². The Balaban J connectivity index is 2.33. The predicted molar refractivity (Wildman–Crippen MR) is 72.6 cm³/mol. The molecule has 2 aromatic carbocycles. The van der Waals surface area contributed by atoms with Crippen LogP contribution in [0.2, 0.25) is 0 Å². The van der Waals surface area contributed by atoms with Crippen LogP contribution in [-0.4, -0.2) is 5.78 Å². The highest BCUT2D eigenvalue weighted by atomic mass is 19.4. The number of ether oxygens (including phenoxy) is 1. The minimum Gasteiger partial charge on any atom is -0.457 e. The van der Waals surface area contributed by atoms with Gasteiger partial charge in [-0.1, -0.05) is 31.2 Å². The van der Waals surface area contributed by atoms with Gasteiger partial charge in [0.15, 0.2) is 5.78 Å². The van der Waals surface area contributed by atoms with Gasteiger partial charge in [-0.3, -0.25) is 4.79 Å². The Bertz CT molecular complexity index is 648. The third-order valence-electron chi connectivity index (χ3n) is 2.90. The normalized spacial score (nSPS) is 11.2. The largest absolute Gasteiger partial charge is 0.457 e. The van der Waals surface area contributed by atoms with Gasteiger partial charge in [0, 0.05) is 12.0 Å². The zero-order valence-corrected chi connectivity index (χ0v) is 11.3. The third-order valence-corrected chi connectivity index (χ3v) is 2.90. The molecule has 0 amide bonds. The molecule has 0 spiro atoms. The monoisotopic (exact) mass is 294 g/mol. The molecule has 0 aliphatic carbocycles. The topological polar surface area (TPSA) is 26.3 Å². The van der Waals surface area contributed by atoms with Crippen molar-refractivity contribution in [3.8, 4) is 11.5 Å². The van der Waals surface area contributed by atoms with E-state index in [1.54, 1.807) is 19.1 Å². The quantitative estimate of drug-likeness (QED) is 0.734. The number of para-hydroxylation sites is 1. The van der Waals surface area contributed by atoms with Crippen LogP contribution in [0.4, 0.5) is 13.2 Å². The fourth-order valence-corrected chi connectivity index (χ4v) is 1.85. The summed E-state index contributed by atoms with van der Waals surface area (Å²) in [5.41, 5.74) is -0.434. The number of carbonyl (C=O) groups excluding carboxylic acids is 1. The number of rotatable bonds is 4. The molecule has 2 aromatic rings. The first-order chi connectivity index (χ1) is 9.91. The van der Waals surface area contributed by atoms with Crippen LogP contribution >= 0.6 is 0 Å². The summed E-state index contributed by atoms with van der Waals surface area (Å²) in [6.07, 6.45) is -4.17. The number of hydrogen-bond acceptors (Lipinski definition) is 2. The van der Waals surface area contributed by atoms with Gasteiger partial charge in [-0.2, -0.15) is 13.2 Å². The molecule has 0 saturated carbocycles. The molecule has 5 heteroatoms. The van der Waals surface area contributed by atoms with Gasteiger partial charge in [0.1, 0.15) is 11.5 Å². The van der Waals surface area contributed by atoms with Crippen molar-refractivity contribution >= 4 is 5.78 Å². The summed E-state index contributed by atoms with van der Waals surface area (Å²) in [4.78, 5) is 11.6. The molecule has 0 aromatic heterocycles. The number of halogens is 3. The molecule has 21 heavy (non-hydrogen) atoms. The highest BCUT2D eigenvalue weighted by Crippen LogP contribution is 2.37. The van der Waals surface area contributed by atoms with Gasteiger partial charge in [-0.15, -0.1) is 0 Å². The van der Waals surface area contributed by atoms with Crippen LogP contribution in [0.25, 0.3) is 0 Å². The van der Waals surface area contributed by atoms with Crippen LogP contribution in [0.3, 0.4) is 0 Å². The fourth-order valence-electron chi connectivity index (χ4n) is 1.85. The Labute approximate surface area is 120 Å². The summed E-state index contributed by atoms with van der Waals surface area (Å²) < 4.78 is 43.9. The second-order valence-electron chi connectivity index (χ2n) is 4.40. The maximum Gasteiger partial charge on any atom is 0.419 e. The van der Waals surface area contributed by atoms with Gasteiger partial charge >= 0.3 is 6.18 Å². The Hall–Kier alpha value is -2.30. The molecule has 0 unspecified atom stereocenters. The average Bonchev–Trinajstić information content (AvgIpc) is 2.46. The van der Waals surface area contributed by atoms with Gasteiger partial charge < -0.3 is 4.74 Å². The maximum absolute atomic E-state index is 12.9. The van der Waals surface area contributed by atoms with Crippen molar-refractivity contribution in [1.29, 1.82) is 0 Å². The van der Waals surface area contributed by atoms with Gasteiger partial charge in [0.25, 0.3) is 0 Å². The summed E-state index contributed by atoms with van der Waals surface area (Å²) in [5, 5.41) is 0. The van der Waals surface area contributed by atoms with E-state index in [0.717, 1.165) is 6.07 Å². The SMILES string of the molecule is CCC(=O)c1cccc(Oc2ccccc2C(F)(F)F)c1. The van der Waals surface area contributed by atoms with Crippen molar-refractivity contribution in [3.63, 3.8) is 0 Å². The standard InChI is InChI=1S/C16H13F3O2/c1-2-14(20)11-6-5-7-12(10-11)21-15-9-4-3-8-13(15)16(17,18)19/h3-10H,2H2,1H3. The third kappa shape index (κ3) is 3.62. The number of alkyl halides is 3. The number of ketones is 1. The Morgan fingerprint density at radius 1 is 1.10 bits per heavy atom. The van der Waals surface area contributed by atoms with E-state index in [2.05, 4.69) is 0 Å². The molecule has 0 N–H and O–H groups in total. The number of carbonyl (C=O) groups is 1. The maximum atomic E-state index is 12.9. The van der Waals surface area contributed by atoms with Crippen molar-refractivity contribution in [2.45, 2.75) is 19.5 Å². The van der Waals surface area contributed by atoms with E-state index < -0.39 is 11.7 Å². The first-order valence-corrected chi connectivity index (χ1v) is 6.39. The van der Waals surface area contributed by atoms with E-state index in [4.69, 9.17) is 4.74 Å². The van der Waals surface area contributed by atoms with Crippen LogP contribution in [-0.2, 0) is 6.18 Å². The van der Waals surface area contributed by atoms with Crippen molar-refractivity contribution < 1.29 is 22.7 Å². The molecule has 0 aliphatic rings. The lowest BCUT2D eigenvalue weighted by Crippen LogP contribution is -2.07. The van der Waals surface area contributed by atoms with Crippen LogP contribution in [0.15, 0.2) is 48.5 Å². The Morgan fingerprint density at radius 3 is 2.48 bits per heavy atom. The zero-order valence-electron chi connectivity index (χ0n) is 11.3. The highest BCUT2D eigenvalue weighted by molar-refractivity contribution is 5.96. The van der Waals surface area contributed by atoms with Crippen molar-refractivity contribution in [2.75, 3.05) is 0 Å². The van der Waals surface area contributed by atoms with Crippen LogP contribution in [0.1, 0.15) is 29.3 Å². The highest BCUT2D eigenvalue weighted by Gasteiger charge is 2.34. The first-order valence-electron chi connectivity index (χ1n) is 6.39. The molecule has 0 heterocycles. The molecule has 0 aliphatic heterocycles. The molecular formula is C16H13F3O2. The van der Waals surface area contributed by atoms with E-state index in [1.807, 2.05) is 0 Å². The number of Topliss-reactive ketones (excluding diaryl/α,β-unsaturated/α-hetero) is 1. The molecule has 0 fully saturated rings. The number of benzene rings is 2. The zero-order chi connectivity index (χ0) is 15.5. The minimum absolute atomic E-state index is 0.0930. The predicted octanol–water partition coefficient (Wildman–Crippen LogP) is 5.09. The molecule has 0 saturated heterocycles. The van der Waals surface area contributed by atoms with Gasteiger partial charge in [-0.05, 0) is 24.3 Å². The average molecular weight is 294 g/mol. The first kappa shape index (κ1) is 15.1. The molecule has 110 valence electrons. The molecule has 0 radical (unpaired) electrons. The van der Waals surface area contributed by atoms with Crippen molar-refractivity contribution in [2.24, 2.45) is 0 Å². The summed E-state index contributed by atoms with van der Waals surface area (Å²) in [6.45, 7) is 1.72. The van der Waals surface area contributed by atoms with E-state index in [1.165, 1.54) is 30.3 Å². The molecular weight excluding hydrogens is 281 g/mol. The van der Waals surface area contributed by atoms with E-state index >= 15 is 0 Å². The molecule has 2 nitrogen and oxygen atoms in total. The molecule has 0 bridgehead atoms.